The van der Waals surface area contributed by atoms with Crippen LogP contribution >= 0.6 is 0 Å². The molecular formula is C18H16O5. The predicted molar refractivity (Wildman–Crippen MR) is 87.4 cm³/mol. The largest absolute Gasteiger partial charge is 0.508 e. The van der Waals surface area contributed by atoms with Crippen molar-refractivity contribution in [3.63, 3.8) is 0 Å². The number of aryl methyl sites for hydroxylation is 1. The summed E-state index contributed by atoms with van der Waals surface area (Å²) in [6.45, 7) is 1.81. The van der Waals surface area contributed by atoms with Gasteiger partial charge in [0.05, 0.1) is 19.8 Å². The fraction of sp³-hybridized carbons (Fsp3) is 0.167. The normalized spacial score (nSPS) is 10.7. The van der Waals surface area contributed by atoms with E-state index >= 15 is 0 Å². The average Bonchev–Trinajstić information content (AvgIpc) is 2.55. The van der Waals surface area contributed by atoms with E-state index in [0.29, 0.717) is 39.2 Å². The zero-order chi connectivity index (χ0) is 16.6. The van der Waals surface area contributed by atoms with E-state index in [0.717, 1.165) is 0 Å². The minimum Gasteiger partial charge on any atom is -0.508 e. The van der Waals surface area contributed by atoms with Crippen molar-refractivity contribution in [2.24, 2.45) is 0 Å². The Morgan fingerprint density at radius 2 is 1.83 bits per heavy atom. The smallest absolute Gasteiger partial charge is 0.344 e. The molecule has 0 spiro atoms. The second-order valence-corrected chi connectivity index (χ2v) is 5.14. The highest BCUT2D eigenvalue weighted by molar-refractivity contribution is 5.89. The Morgan fingerprint density at radius 1 is 1.04 bits per heavy atom. The van der Waals surface area contributed by atoms with E-state index in [1.165, 1.54) is 13.2 Å². The Hall–Kier alpha value is -2.95. The van der Waals surface area contributed by atoms with E-state index < -0.39 is 5.63 Å². The molecule has 0 amide bonds. The topological polar surface area (TPSA) is 68.9 Å². The van der Waals surface area contributed by atoms with Gasteiger partial charge in [0.1, 0.15) is 22.8 Å². The molecule has 0 aliphatic carbocycles. The van der Waals surface area contributed by atoms with Gasteiger partial charge in [0, 0.05) is 10.9 Å². The van der Waals surface area contributed by atoms with Crippen LogP contribution in [-0.4, -0.2) is 19.3 Å². The third kappa shape index (κ3) is 2.50. The van der Waals surface area contributed by atoms with Gasteiger partial charge in [-0.1, -0.05) is 0 Å². The summed E-state index contributed by atoms with van der Waals surface area (Å²) >= 11 is 0. The summed E-state index contributed by atoms with van der Waals surface area (Å²) in [6, 6.07) is 9.85. The van der Waals surface area contributed by atoms with Gasteiger partial charge < -0.3 is 19.0 Å². The summed E-state index contributed by atoms with van der Waals surface area (Å²) in [5, 5.41) is 10.4. The van der Waals surface area contributed by atoms with Crippen molar-refractivity contribution in [3.8, 4) is 28.4 Å². The lowest BCUT2D eigenvalue weighted by atomic mass is 9.98. The lowest BCUT2D eigenvalue weighted by Crippen LogP contribution is -2.07. The highest BCUT2D eigenvalue weighted by atomic mass is 16.5. The van der Waals surface area contributed by atoms with Crippen LogP contribution in [0.4, 0.5) is 0 Å². The molecule has 5 heteroatoms. The van der Waals surface area contributed by atoms with Gasteiger partial charge in [-0.2, -0.15) is 0 Å². The van der Waals surface area contributed by atoms with Crippen molar-refractivity contribution < 1.29 is 19.0 Å². The lowest BCUT2D eigenvalue weighted by Gasteiger charge is -2.13. The van der Waals surface area contributed by atoms with Crippen LogP contribution in [0.5, 0.6) is 17.2 Å². The van der Waals surface area contributed by atoms with Gasteiger partial charge >= 0.3 is 5.63 Å². The summed E-state index contributed by atoms with van der Waals surface area (Å²) < 4.78 is 16.0. The zero-order valence-electron chi connectivity index (χ0n) is 13.0. The van der Waals surface area contributed by atoms with Crippen LogP contribution in [0.25, 0.3) is 22.1 Å². The van der Waals surface area contributed by atoms with Gasteiger partial charge in [0.2, 0.25) is 0 Å². The van der Waals surface area contributed by atoms with E-state index in [-0.39, 0.29) is 5.75 Å². The number of benzene rings is 2. The first-order valence-electron chi connectivity index (χ1n) is 7.04. The first-order chi connectivity index (χ1) is 11.0. The number of rotatable bonds is 3. The van der Waals surface area contributed by atoms with Crippen LogP contribution in [0.1, 0.15) is 5.56 Å². The second kappa shape index (κ2) is 5.68. The number of aromatic hydroxyl groups is 1. The van der Waals surface area contributed by atoms with Crippen molar-refractivity contribution in [1.29, 1.82) is 0 Å². The molecule has 0 unspecified atom stereocenters. The molecule has 0 fully saturated rings. The molecule has 2 aromatic carbocycles. The molecule has 0 saturated carbocycles. The summed E-state index contributed by atoms with van der Waals surface area (Å²) in [6.07, 6.45) is 0. The van der Waals surface area contributed by atoms with Gasteiger partial charge in [-0.05, 0) is 48.9 Å². The lowest BCUT2D eigenvalue weighted by molar-refractivity contribution is 0.404. The van der Waals surface area contributed by atoms with Crippen molar-refractivity contribution in [3.05, 3.63) is 52.4 Å². The Balaban J connectivity index is 2.38. The molecule has 0 aliphatic rings. The van der Waals surface area contributed by atoms with Crippen molar-refractivity contribution >= 4 is 11.0 Å². The molecule has 1 N–H and O–H groups in total. The van der Waals surface area contributed by atoms with E-state index in [1.54, 1.807) is 37.4 Å². The standard InChI is InChI=1S/C18H16O5/c1-10-13-8-11(19)4-6-16(13)23-18(20)17(10)14-9-12(21-2)5-7-15(14)22-3/h4-9,19H,1-3H3. The Kier molecular flexibility index (Phi) is 3.70. The average molecular weight is 312 g/mol. The Labute approximate surface area is 132 Å². The molecule has 5 nitrogen and oxygen atoms in total. The summed E-state index contributed by atoms with van der Waals surface area (Å²) in [5.41, 5.74) is 1.64. The number of phenols is 1. The monoisotopic (exact) mass is 312 g/mol. The predicted octanol–water partition coefficient (Wildman–Crippen LogP) is 3.49. The van der Waals surface area contributed by atoms with E-state index in [1.807, 2.05) is 6.92 Å². The number of ether oxygens (including phenoxy) is 2. The van der Waals surface area contributed by atoms with Crippen molar-refractivity contribution in [2.75, 3.05) is 14.2 Å². The van der Waals surface area contributed by atoms with Crippen LogP contribution in [0.3, 0.4) is 0 Å². The molecular weight excluding hydrogens is 296 g/mol. The quantitative estimate of drug-likeness (QED) is 0.750. The minimum atomic E-state index is -0.466. The summed E-state index contributed by atoms with van der Waals surface area (Å²) in [5.74, 6) is 1.26. The van der Waals surface area contributed by atoms with Crippen LogP contribution in [0.2, 0.25) is 0 Å². The maximum absolute atomic E-state index is 12.5. The van der Waals surface area contributed by atoms with E-state index in [2.05, 4.69) is 0 Å². The van der Waals surface area contributed by atoms with Crippen LogP contribution < -0.4 is 15.1 Å². The number of hydrogen-bond donors (Lipinski definition) is 1. The third-order valence-corrected chi connectivity index (χ3v) is 3.82. The molecule has 1 heterocycles. The first kappa shape index (κ1) is 15.0. The van der Waals surface area contributed by atoms with Crippen LogP contribution in [-0.2, 0) is 0 Å². The summed E-state index contributed by atoms with van der Waals surface area (Å²) in [7, 11) is 3.09. The molecule has 118 valence electrons. The summed E-state index contributed by atoms with van der Waals surface area (Å²) in [4.78, 5) is 12.5. The molecule has 0 atom stereocenters. The SMILES string of the molecule is COc1ccc(OC)c(-c2c(C)c3cc(O)ccc3oc2=O)c1. The van der Waals surface area contributed by atoms with Gasteiger partial charge in [0.25, 0.3) is 0 Å². The highest BCUT2D eigenvalue weighted by Gasteiger charge is 2.18. The number of methoxy groups -OCH3 is 2. The number of fused-ring (bicyclic) bond motifs is 1. The molecule has 0 bridgehead atoms. The van der Waals surface area contributed by atoms with Gasteiger partial charge in [-0.15, -0.1) is 0 Å². The highest BCUT2D eigenvalue weighted by Crippen LogP contribution is 2.36. The molecule has 0 radical (unpaired) electrons. The number of hydrogen-bond acceptors (Lipinski definition) is 5. The van der Waals surface area contributed by atoms with Crippen LogP contribution in [0, 0.1) is 6.92 Å². The number of phenolic OH excluding ortho intramolecular Hbond substituents is 1. The first-order valence-corrected chi connectivity index (χ1v) is 7.04. The van der Waals surface area contributed by atoms with Gasteiger partial charge in [-0.3, -0.25) is 0 Å². The molecule has 0 aliphatic heterocycles. The third-order valence-electron chi connectivity index (χ3n) is 3.82. The molecule has 3 rings (SSSR count). The maximum Gasteiger partial charge on any atom is 0.344 e. The van der Waals surface area contributed by atoms with E-state index in [9.17, 15) is 9.90 Å². The van der Waals surface area contributed by atoms with Gasteiger partial charge in [-0.25, -0.2) is 4.79 Å². The van der Waals surface area contributed by atoms with Gasteiger partial charge in [0.15, 0.2) is 0 Å². The molecule has 23 heavy (non-hydrogen) atoms. The van der Waals surface area contributed by atoms with Crippen LogP contribution in [0.15, 0.2) is 45.6 Å². The molecule has 0 saturated heterocycles. The maximum atomic E-state index is 12.5. The van der Waals surface area contributed by atoms with Crippen molar-refractivity contribution in [2.45, 2.75) is 6.92 Å². The Morgan fingerprint density at radius 3 is 2.52 bits per heavy atom. The van der Waals surface area contributed by atoms with Crippen molar-refractivity contribution in [1.82, 2.24) is 0 Å². The Bertz CT molecular complexity index is 940. The zero-order valence-corrected chi connectivity index (χ0v) is 13.0. The second-order valence-electron chi connectivity index (χ2n) is 5.14. The molecule has 1 aromatic heterocycles. The van der Waals surface area contributed by atoms with E-state index in [4.69, 9.17) is 13.9 Å². The fourth-order valence-corrected chi connectivity index (χ4v) is 2.66. The molecule has 3 aromatic rings. The fourth-order valence-electron chi connectivity index (χ4n) is 2.66. The minimum absolute atomic E-state index is 0.109.